The summed E-state index contributed by atoms with van der Waals surface area (Å²) in [6.07, 6.45) is 3.69. The predicted molar refractivity (Wildman–Crippen MR) is 47.1 cm³/mol. The summed E-state index contributed by atoms with van der Waals surface area (Å²) in [5.41, 5.74) is 0. The maximum Gasteiger partial charge on any atom is 0.308 e. The van der Waals surface area contributed by atoms with E-state index in [0.717, 1.165) is 0 Å². The summed E-state index contributed by atoms with van der Waals surface area (Å²) in [6.45, 7) is 2.67. The molecule has 0 aromatic carbocycles. The molecule has 0 aliphatic carbocycles. The highest BCUT2D eigenvalue weighted by atomic mass is 16.4. The fourth-order valence-electron chi connectivity index (χ4n) is 1.41. The number of likely N-dealkylation sites (tertiary alicyclic amines) is 1. The number of hydrogen-bond acceptors (Lipinski definition) is 2. The SMILES string of the molecule is C/C=C/C(=O)N1CCC(C(=O)O)C1. The minimum Gasteiger partial charge on any atom is -0.481 e. The third-order valence-electron chi connectivity index (χ3n) is 2.16. The van der Waals surface area contributed by atoms with Crippen LogP contribution in [0.3, 0.4) is 0 Å². The van der Waals surface area contributed by atoms with Gasteiger partial charge in [0.15, 0.2) is 0 Å². The molecule has 4 nitrogen and oxygen atoms in total. The van der Waals surface area contributed by atoms with Crippen molar-refractivity contribution < 1.29 is 14.7 Å². The lowest BCUT2D eigenvalue weighted by molar-refractivity contribution is -0.141. The number of carbonyl (C=O) groups is 2. The molecule has 0 aromatic heterocycles. The number of carbonyl (C=O) groups excluding carboxylic acids is 1. The van der Waals surface area contributed by atoms with Crippen molar-refractivity contribution in [2.45, 2.75) is 13.3 Å². The minimum absolute atomic E-state index is 0.0914. The van der Waals surface area contributed by atoms with Crippen LogP contribution in [0.15, 0.2) is 12.2 Å². The second-order valence-electron chi connectivity index (χ2n) is 3.11. The molecule has 0 radical (unpaired) electrons. The Morgan fingerprint density at radius 3 is 2.69 bits per heavy atom. The van der Waals surface area contributed by atoms with E-state index >= 15 is 0 Å². The lowest BCUT2D eigenvalue weighted by atomic mass is 10.1. The molecule has 1 aliphatic rings. The standard InChI is InChI=1S/C9H13NO3/c1-2-3-8(11)10-5-4-7(6-10)9(12)13/h2-3,7H,4-6H2,1H3,(H,12,13)/b3-2+. The molecule has 1 atom stereocenters. The van der Waals surface area contributed by atoms with Crippen LogP contribution in [0.4, 0.5) is 0 Å². The average molecular weight is 183 g/mol. The molecular weight excluding hydrogens is 170 g/mol. The summed E-state index contributed by atoms with van der Waals surface area (Å²) < 4.78 is 0. The number of hydrogen-bond donors (Lipinski definition) is 1. The zero-order chi connectivity index (χ0) is 9.84. The second kappa shape index (κ2) is 4.07. The van der Waals surface area contributed by atoms with E-state index in [1.54, 1.807) is 17.9 Å². The fourth-order valence-corrected chi connectivity index (χ4v) is 1.41. The number of carboxylic acid groups (broad SMARTS) is 1. The van der Waals surface area contributed by atoms with Gasteiger partial charge in [-0.3, -0.25) is 9.59 Å². The minimum atomic E-state index is -0.809. The van der Waals surface area contributed by atoms with Crippen LogP contribution in [0.2, 0.25) is 0 Å². The zero-order valence-electron chi connectivity index (χ0n) is 7.56. The zero-order valence-corrected chi connectivity index (χ0v) is 7.56. The van der Waals surface area contributed by atoms with Gasteiger partial charge in [-0.1, -0.05) is 6.08 Å². The van der Waals surface area contributed by atoms with Gasteiger partial charge in [0.2, 0.25) is 5.91 Å². The highest BCUT2D eigenvalue weighted by molar-refractivity contribution is 5.88. The Hall–Kier alpha value is -1.32. The molecule has 13 heavy (non-hydrogen) atoms. The van der Waals surface area contributed by atoms with Crippen LogP contribution in [-0.4, -0.2) is 35.0 Å². The second-order valence-corrected chi connectivity index (χ2v) is 3.11. The maximum atomic E-state index is 11.3. The predicted octanol–water partition coefficient (Wildman–Crippen LogP) is 0.496. The maximum absolute atomic E-state index is 11.3. The summed E-state index contributed by atoms with van der Waals surface area (Å²) in [7, 11) is 0. The van der Waals surface area contributed by atoms with Gasteiger partial charge >= 0.3 is 5.97 Å². The van der Waals surface area contributed by atoms with Gasteiger partial charge in [-0.25, -0.2) is 0 Å². The molecule has 0 bridgehead atoms. The molecule has 1 fully saturated rings. The van der Waals surface area contributed by atoms with Crippen molar-refractivity contribution in [2.75, 3.05) is 13.1 Å². The van der Waals surface area contributed by atoms with E-state index in [9.17, 15) is 9.59 Å². The summed E-state index contributed by atoms with van der Waals surface area (Å²) in [5.74, 6) is -1.28. The molecule has 0 aromatic rings. The van der Waals surface area contributed by atoms with E-state index in [2.05, 4.69) is 0 Å². The first kappa shape index (κ1) is 9.77. The monoisotopic (exact) mass is 183 g/mol. The lowest BCUT2D eigenvalue weighted by Gasteiger charge is -2.12. The Morgan fingerprint density at radius 2 is 2.23 bits per heavy atom. The number of amides is 1. The highest BCUT2D eigenvalue weighted by Gasteiger charge is 2.29. The van der Waals surface area contributed by atoms with E-state index < -0.39 is 5.97 Å². The topological polar surface area (TPSA) is 57.6 Å². The molecular formula is C9H13NO3. The van der Waals surface area contributed by atoms with E-state index in [-0.39, 0.29) is 11.8 Å². The van der Waals surface area contributed by atoms with E-state index in [4.69, 9.17) is 5.11 Å². The summed E-state index contributed by atoms with van der Waals surface area (Å²) >= 11 is 0. The normalized spacial score (nSPS) is 22.5. The number of carboxylic acids is 1. The van der Waals surface area contributed by atoms with Crippen molar-refractivity contribution >= 4 is 11.9 Å². The van der Waals surface area contributed by atoms with Crippen molar-refractivity contribution in [1.29, 1.82) is 0 Å². The Labute approximate surface area is 76.8 Å². The van der Waals surface area contributed by atoms with Gasteiger partial charge in [-0.05, 0) is 19.4 Å². The molecule has 1 saturated heterocycles. The van der Waals surface area contributed by atoms with Crippen LogP contribution >= 0.6 is 0 Å². The van der Waals surface area contributed by atoms with Crippen LogP contribution in [-0.2, 0) is 9.59 Å². The third kappa shape index (κ3) is 2.31. The van der Waals surface area contributed by atoms with Gasteiger partial charge < -0.3 is 10.0 Å². The lowest BCUT2D eigenvalue weighted by Crippen LogP contribution is -2.28. The van der Waals surface area contributed by atoms with Crippen LogP contribution < -0.4 is 0 Å². The average Bonchev–Trinajstić information content (AvgIpc) is 2.52. The molecule has 72 valence electrons. The number of rotatable bonds is 2. The van der Waals surface area contributed by atoms with Crippen LogP contribution in [0.25, 0.3) is 0 Å². The van der Waals surface area contributed by atoms with Crippen LogP contribution in [0.1, 0.15) is 13.3 Å². The first-order chi connectivity index (χ1) is 6.15. The van der Waals surface area contributed by atoms with E-state index in [0.29, 0.717) is 19.5 Å². The third-order valence-corrected chi connectivity index (χ3v) is 2.16. The Bertz CT molecular complexity index is 247. The van der Waals surface area contributed by atoms with Crippen molar-refractivity contribution in [3.05, 3.63) is 12.2 Å². The fraction of sp³-hybridized carbons (Fsp3) is 0.556. The molecule has 4 heteroatoms. The number of nitrogens with zero attached hydrogens (tertiary/aromatic N) is 1. The summed E-state index contributed by atoms with van der Waals surface area (Å²) in [6, 6.07) is 0. The van der Waals surface area contributed by atoms with Gasteiger partial charge in [0, 0.05) is 13.1 Å². The summed E-state index contributed by atoms with van der Waals surface area (Å²) in [5, 5.41) is 8.69. The van der Waals surface area contributed by atoms with E-state index in [1.807, 2.05) is 0 Å². The van der Waals surface area contributed by atoms with Gasteiger partial charge in [0.1, 0.15) is 0 Å². The first-order valence-corrected chi connectivity index (χ1v) is 4.29. The Morgan fingerprint density at radius 1 is 1.54 bits per heavy atom. The highest BCUT2D eigenvalue weighted by Crippen LogP contribution is 2.16. The smallest absolute Gasteiger partial charge is 0.308 e. The van der Waals surface area contributed by atoms with Crippen LogP contribution in [0.5, 0.6) is 0 Å². The molecule has 0 spiro atoms. The molecule has 1 aliphatic heterocycles. The number of allylic oxidation sites excluding steroid dienone is 1. The largest absolute Gasteiger partial charge is 0.481 e. The van der Waals surface area contributed by atoms with Crippen molar-refractivity contribution in [1.82, 2.24) is 4.90 Å². The van der Waals surface area contributed by atoms with E-state index in [1.165, 1.54) is 6.08 Å². The number of aliphatic carboxylic acids is 1. The quantitative estimate of drug-likeness (QED) is 0.634. The van der Waals surface area contributed by atoms with Crippen molar-refractivity contribution in [3.8, 4) is 0 Å². The van der Waals surface area contributed by atoms with Crippen molar-refractivity contribution in [2.24, 2.45) is 5.92 Å². The van der Waals surface area contributed by atoms with Crippen LogP contribution in [0, 0.1) is 5.92 Å². The first-order valence-electron chi connectivity index (χ1n) is 4.29. The molecule has 1 N–H and O–H groups in total. The molecule has 1 rings (SSSR count). The van der Waals surface area contributed by atoms with Gasteiger partial charge in [-0.2, -0.15) is 0 Å². The van der Waals surface area contributed by atoms with Crippen molar-refractivity contribution in [3.63, 3.8) is 0 Å². The molecule has 0 saturated carbocycles. The Kier molecular flexibility index (Phi) is 3.06. The Balaban J connectivity index is 2.50. The summed E-state index contributed by atoms with van der Waals surface area (Å²) in [4.78, 5) is 23.4. The molecule has 1 amide bonds. The molecule has 1 unspecified atom stereocenters. The molecule has 1 heterocycles. The van der Waals surface area contributed by atoms with Gasteiger partial charge in [-0.15, -0.1) is 0 Å². The van der Waals surface area contributed by atoms with Gasteiger partial charge in [0.05, 0.1) is 5.92 Å². The van der Waals surface area contributed by atoms with Gasteiger partial charge in [0.25, 0.3) is 0 Å².